The molecule has 0 bridgehead atoms. The SMILES string of the molecule is Cc1ccnc(-c2ccc(C)c(N)c2)c1. The molecule has 0 aliphatic heterocycles. The summed E-state index contributed by atoms with van der Waals surface area (Å²) in [7, 11) is 0. The molecule has 0 unspecified atom stereocenters. The molecular formula is C13H14N2. The maximum Gasteiger partial charge on any atom is 0.0705 e. The van der Waals surface area contributed by atoms with Gasteiger partial charge in [0.2, 0.25) is 0 Å². The molecule has 0 aliphatic rings. The van der Waals surface area contributed by atoms with Crippen LogP contribution in [-0.4, -0.2) is 4.98 Å². The summed E-state index contributed by atoms with van der Waals surface area (Å²) in [5.74, 6) is 0. The summed E-state index contributed by atoms with van der Waals surface area (Å²) in [6.07, 6.45) is 1.82. The van der Waals surface area contributed by atoms with Crippen LogP contribution in [0.15, 0.2) is 36.5 Å². The summed E-state index contributed by atoms with van der Waals surface area (Å²) < 4.78 is 0. The number of rotatable bonds is 1. The van der Waals surface area contributed by atoms with Crippen molar-refractivity contribution in [2.24, 2.45) is 0 Å². The molecule has 0 amide bonds. The van der Waals surface area contributed by atoms with E-state index in [9.17, 15) is 0 Å². The molecule has 1 heterocycles. The van der Waals surface area contributed by atoms with Gasteiger partial charge in [-0.05, 0) is 43.2 Å². The molecule has 2 nitrogen and oxygen atoms in total. The zero-order valence-electron chi connectivity index (χ0n) is 8.99. The van der Waals surface area contributed by atoms with Gasteiger partial charge in [0.05, 0.1) is 5.69 Å². The van der Waals surface area contributed by atoms with Gasteiger partial charge in [-0.25, -0.2) is 0 Å². The van der Waals surface area contributed by atoms with Crippen molar-refractivity contribution < 1.29 is 0 Å². The minimum atomic E-state index is 0.816. The second-order valence-electron chi connectivity index (χ2n) is 3.79. The second kappa shape index (κ2) is 3.73. The highest BCUT2D eigenvalue weighted by molar-refractivity contribution is 5.66. The normalized spacial score (nSPS) is 10.3. The van der Waals surface area contributed by atoms with E-state index in [-0.39, 0.29) is 0 Å². The number of nitrogen functional groups attached to an aromatic ring is 1. The number of nitrogens with zero attached hydrogens (tertiary/aromatic N) is 1. The van der Waals surface area contributed by atoms with E-state index in [1.807, 2.05) is 37.4 Å². The largest absolute Gasteiger partial charge is 0.398 e. The average Bonchev–Trinajstić information content (AvgIpc) is 2.22. The van der Waals surface area contributed by atoms with Gasteiger partial charge < -0.3 is 5.73 Å². The number of benzene rings is 1. The lowest BCUT2D eigenvalue weighted by Crippen LogP contribution is -1.91. The van der Waals surface area contributed by atoms with Crippen molar-refractivity contribution in [3.05, 3.63) is 47.7 Å². The molecule has 0 saturated carbocycles. The Kier molecular flexibility index (Phi) is 2.42. The van der Waals surface area contributed by atoms with Crippen LogP contribution in [0.2, 0.25) is 0 Å². The van der Waals surface area contributed by atoms with Crippen LogP contribution in [0.25, 0.3) is 11.3 Å². The zero-order valence-corrected chi connectivity index (χ0v) is 8.99. The minimum Gasteiger partial charge on any atom is -0.398 e. The van der Waals surface area contributed by atoms with E-state index in [1.165, 1.54) is 5.56 Å². The maximum absolute atomic E-state index is 5.87. The molecule has 2 rings (SSSR count). The third-order valence-corrected chi connectivity index (χ3v) is 2.49. The van der Waals surface area contributed by atoms with Crippen LogP contribution in [0.1, 0.15) is 11.1 Å². The first-order valence-electron chi connectivity index (χ1n) is 4.96. The molecule has 76 valence electrons. The van der Waals surface area contributed by atoms with E-state index >= 15 is 0 Å². The Balaban J connectivity index is 2.50. The Morgan fingerprint density at radius 2 is 1.87 bits per heavy atom. The summed E-state index contributed by atoms with van der Waals surface area (Å²) in [5.41, 5.74) is 11.0. The van der Waals surface area contributed by atoms with Crippen molar-refractivity contribution in [2.45, 2.75) is 13.8 Å². The quantitative estimate of drug-likeness (QED) is 0.715. The molecule has 1 aromatic heterocycles. The molecule has 2 heteroatoms. The minimum absolute atomic E-state index is 0.816. The lowest BCUT2D eigenvalue weighted by molar-refractivity contribution is 1.28. The fraction of sp³-hybridized carbons (Fsp3) is 0.154. The van der Waals surface area contributed by atoms with Crippen molar-refractivity contribution in [2.75, 3.05) is 5.73 Å². The number of hydrogen-bond donors (Lipinski definition) is 1. The van der Waals surface area contributed by atoms with E-state index in [4.69, 9.17) is 5.73 Å². The molecular weight excluding hydrogens is 184 g/mol. The monoisotopic (exact) mass is 198 g/mol. The van der Waals surface area contributed by atoms with Crippen molar-refractivity contribution in [1.82, 2.24) is 4.98 Å². The Hall–Kier alpha value is -1.83. The van der Waals surface area contributed by atoms with Gasteiger partial charge in [-0.3, -0.25) is 4.98 Å². The summed E-state index contributed by atoms with van der Waals surface area (Å²) in [4.78, 5) is 4.33. The Labute approximate surface area is 89.8 Å². The van der Waals surface area contributed by atoms with Gasteiger partial charge in [0.25, 0.3) is 0 Å². The summed E-state index contributed by atoms with van der Waals surface area (Å²) in [5, 5.41) is 0. The second-order valence-corrected chi connectivity index (χ2v) is 3.79. The number of aromatic nitrogens is 1. The molecule has 0 spiro atoms. The first kappa shape index (κ1) is 9.71. The summed E-state index contributed by atoms with van der Waals surface area (Å²) >= 11 is 0. The summed E-state index contributed by atoms with van der Waals surface area (Å²) in [6.45, 7) is 4.06. The Bertz CT molecular complexity index is 490. The van der Waals surface area contributed by atoms with Gasteiger partial charge >= 0.3 is 0 Å². The van der Waals surface area contributed by atoms with Crippen molar-refractivity contribution in [1.29, 1.82) is 0 Å². The van der Waals surface area contributed by atoms with E-state index in [2.05, 4.69) is 18.0 Å². The number of hydrogen-bond acceptors (Lipinski definition) is 2. The molecule has 0 fully saturated rings. The first-order valence-corrected chi connectivity index (χ1v) is 4.96. The number of pyridine rings is 1. The van der Waals surface area contributed by atoms with E-state index in [0.717, 1.165) is 22.5 Å². The van der Waals surface area contributed by atoms with Crippen molar-refractivity contribution in [3.63, 3.8) is 0 Å². The van der Waals surface area contributed by atoms with Gasteiger partial charge in [-0.2, -0.15) is 0 Å². The highest BCUT2D eigenvalue weighted by Gasteiger charge is 2.01. The highest BCUT2D eigenvalue weighted by Crippen LogP contribution is 2.22. The van der Waals surface area contributed by atoms with Gasteiger partial charge in [0.1, 0.15) is 0 Å². The van der Waals surface area contributed by atoms with Crippen LogP contribution < -0.4 is 5.73 Å². The summed E-state index contributed by atoms with van der Waals surface area (Å²) in [6, 6.07) is 10.1. The fourth-order valence-corrected chi connectivity index (χ4v) is 1.49. The van der Waals surface area contributed by atoms with E-state index < -0.39 is 0 Å². The van der Waals surface area contributed by atoms with Crippen LogP contribution in [0.3, 0.4) is 0 Å². The van der Waals surface area contributed by atoms with E-state index in [1.54, 1.807) is 0 Å². The maximum atomic E-state index is 5.87. The average molecular weight is 198 g/mol. The number of aryl methyl sites for hydroxylation is 2. The van der Waals surface area contributed by atoms with Crippen LogP contribution >= 0.6 is 0 Å². The third kappa shape index (κ3) is 1.99. The van der Waals surface area contributed by atoms with Crippen molar-refractivity contribution >= 4 is 5.69 Å². The molecule has 0 atom stereocenters. The van der Waals surface area contributed by atoms with Crippen LogP contribution in [0, 0.1) is 13.8 Å². The van der Waals surface area contributed by atoms with Crippen LogP contribution in [0.4, 0.5) is 5.69 Å². The molecule has 2 N–H and O–H groups in total. The Morgan fingerprint density at radius 1 is 1.07 bits per heavy atom. The molecule has 0 aliphatic carbocycles. The van der Waals surface area contributed by atoms with Gasteiger partial charge in [-0.15, -0.1) is 0 Å². The van der Waals surface area contributed by atoms with Gasteiger partial charge in [-0.1, -0.05) is 12.1 Å². The van der Waals surface area contributed by atoms with Crippen LogP contribution in [0.5, 0.6) is 0 Å². The lowest BCUT2D eigenvalue weighted by Gasteiger charge is -2.05. The molecule has 1 aromatic carbocycles. The number of nitrogens with two attached hydrogens (primary N) is 1. The molecule has 2 aromatic rings. The molecule has 15 heavy (non-hydrogen) atoms. The topological polar surface area (TPSA) is 38.9 Å². The standard InChI is InChI=1S/C13H14N2/c1-9-5-6-15-13(7-9)11-4-3-10(2)12(14)8-11/h3-8H,14H2,1-2H3. The number of anilines is 1. The predicted octanol–water partition coefficient (Wildman–Crippen LogP) is 2.95. The van der Waals surface area contributed by atoms with Crippen molar-refractivity contribution in [3.8, 4) is 11.3 Å². The molecule has 0 radical (unpaired) electrons. The van der Waals surface area contributed by atoms with E-state index in [0.29, 0.717) is 0 Å². The highest BCUT2D eigenvalue weighted by atomic mass is 14.7. The fourth-order valence-electron chi connectivity index (χ4n) is 1.49. The third-order valence-electron chi connectivity index (χ3n) is 2.49. The van der Waals surface area contributed by atoms with Crippen LogP contribution in [-0.2, 0) is 0 Å². The van der Waals surface area contributed by atoms with Gasteiger partial charge in [0, 0.05) is 17.4 Å². The first-order chi connectivity index (χ1) is 7.16. The lowest BCUT2D eigenvalue weighted by atomic mass is 10.1. The zero-order chi connectivity index (χ0) is 10.8. The van der Waals surface area contributed by atoms with Gasteiger partial charge in [0.15, 0.2) is 0 Å². The smallest absolute Gasteiger partial charge is 0.0705 e. The predicted molar refractivity (Wildman–Crippen MR) is 63.6 cm³/mol. The Morgan fingerprint density at radius 3 is 2.53 bits per heavy atom. The molecule has 0 saturated heterocycles.